The van der Waals surface area contributed by atoms with Crippen LogP contribution in [0.5, 0.6) is 0 Å². The van der Waals surface area contributed by atoms with E-state index in [4.69, 9.17) is 4.74 Å². The van der Waals surface area contributed by atoms with E-state index < -0.39 is 12.2 Å². The highest BCUT2D eigenvalue weighted by atomic mass is 16.5. The van der Waals surface area contributed by atoms with Gasteiger partial charge in [0.1, 0.15) is 6.10 Å². The zero-order valence-electron chi connectivity index (χ0n) is 11.9. The summed E-state index contributed by atoms with van der Waals surface area (Å²) in [5, 5.41) is 12.7. The summed E-state index contributed by atoms with van der Waals surface area (Å²) in [7, 11) is 0. The van der Waals surface area contributed by atoms with Gasteiger partial charge in [0, 0.05) is 0 Å². The van der Waals surface area contributed by atoms with Gasteiger partial charge in [-0.25, -0.2) is 0 Å². The Kier molecular flexibility index (Phi) is 5.56. The lowest BCUT2D eigenvalue weighted by molar-refractivity contribution is -0.134. The van der Waals surface area contributed by atoms with Crippen LogP contribution in [0.1, 0.15) is 38.2 Å². The zero-order valence-corrected chi connectivity index (χ0v) is 11.9. The van der Waals surface area contributed by atoms with Gasteiger partial charge in [-0.3, -0.25) is 4.79 Å². The highest BCUT2D eigenvalue weighted by molar-refractivity contribution is 5.80. The van der Waals surface area contributed by atoms with Gasteiger partial charge in [0.2, 0.25) is 5.91 Å². The van der Waals surface area contributed by atoms with Crippen LogP contribution in [0, 0.1) is 0 Å². The van der Waals surface area contributed by atoms with Crippen LogP contribution in [0.2, 0.25) is 0 Å². The van der Waals surface area contributed by atoms with Gasteiger partial charge in [-0.15, -0.1) is 0 Å². The molecule has 0 aliphatic heterocycles. The molecule has 0 spiro atoms. The van der Waals surface area contributed by atoms with Gasteiger partial charge in [-0.2, -0.15) is 0 Å². The predicted molar refractivity (Wildman–Crippen MR) is 77.1 cm³/mol. The first-order valence-electron chi connectivity index (χ1n) is 7.31. The SMILES string of the molecule is CC(OCc1ccccc1)C(=O)NC1CCCCC1O. The first-order valence-corrected chi connectivity index (χ1v) is 7.31. The predicted octanol–water partition coefficient (Wildman–Crippen LogP) is 2.01. The van der Waals surface area contributed by atoms with Crippen molar-refractivity contribution in [3.05, 3.63) is 35.9 Å². The Morgan fingerprint density at radius 2 is 2.05 bits per heavy atom. The normalized spacial score (nSPS) is 24.1. The van der Waals surface area contributed by atoms with Gasteiger partial charge >= 0.3 is 0 Å². The minimum absolute atomic E-state index is 0.126. The lowest BCUT2D eigenvalue weighted by Crippen LogP contribution is -2.48. The van der Waals surface area contributed by atoms with Crippen LogP contribution in [0.25, 0.3) is 0 Å². The van der Waals surface area contributed by atoms with Crippen LogP contribution in [0.15, 0.2) is 30.3 Å². The molecule has 0 radical (unpaired) electrons. The van der Waals surface area contributed by atoms with E-state index in [1.807, 2.05) is 30.3 Å². The molecule has 1 aliphatic rings. The zero-order chi connectivity index (χ0) is 14.4. The van der Waals surface area contributed by atoms with E-state index in [1.165, 1.54) is 0 Å². The van der Waals surface area contributed by atoms with Crippen LogP contribution in [0.4, 0.5) is 0 Å². The number of carbonyl (C=O) groups is 1. The van der Waals surface area contributed by atoms with Crippen LogP contribution in [0.3, 0.4) is 0 Å². The molecule has 1 aromatic carbocycles. The fraction of sp³-hybridized carbons (Fsp3) is 0.562. The van der Waals surface area contributed by atoms with Crippen LogP contribution < -0.4 is 5.32 Å². The molecule has 0 saturated heterocycles. The summed E-state index contributed by atoms with van der Waals surface area (Å²) in [6.07, 6.45) is 2.77. The molecule has 0 bridgehead atoms. The van der Waals surface area contributed by atoms with Crippen LogP contribution >= 0.6 is 0 Å². The van der Waals surface area contributed by atoms with Crippen molar-refractivity contribution in [3.63, 3.8) is 0 Å². The third kappa shape index (κ3) is 4.32. The maximum absolute atomic E-state index is 12.0. The number of aliphatic hydroxyl groups excluding tert-OH is 1. The van der Waals surface area contributed by atoms with Gasteiger partial charge in [-0.1, -0.05) is 43.2 Å². The quantitative estimate of drug-likeness (QED) is 0.865. The van der Waals surface area contributed by atoms with Crippen molar-refractivity contribution < 1.29 is 14.6 Å². The second-order valence-corrected chi connectivity index (χ2v) is 5.41. The topological polar surface area (TPSA) is 58.6 Å². The molecule has 2 rings (SSSR count). The van der Waals surface area contributed by atoms with E-state index in [0.29, 0.717) is 6.61 Å². The van der Waals surface area contributed by atoms with E-state index in [0.717, 1.165) is 31.2 Å². The summed E-state index contributed by atoms with van der Waals surface area (Å²) in [5.41, 5.74) is 1.05. The first-order chi connectivity index (χ1) is 9.66. The van der Waals surface area contributed by atoms with Crippen molar-refractivity contribution in [1.29, 1.82) is 0 Å². The average molecular weight is 277 g/mol. The Bertz CT molecular complexity index is 421. The molecule has 4 nitrogen and oxygen atoms in total. The second kappa shape index (κ2) is 7.41. The number of hydrogen-bond donors (Lipinski definition) is 2. The molecule has 1 aromatic rings. The Morgan fingerprint density at radius 1 is 1.35 bits per heavy atom. The van der Waals surface area contributed by atoms with Crippen LogP contribution in [-0.2, 0) is 16.1 Å². The Labute approximate surface area is 120 Å². The van der Waals surface area contributed by atoms with Gasteiger partial charge < -0.3 is 15.2 Å². The fourth-order valence-electron chi connectivity index (χ4n) is 2.45. The van der Waals surface area contributed by atoms with E-state index in [-0.39, 0.29) is 11.9 Å². The minimum Gasteiger partial charge on any atom is -0.391 e. The monoisotopic (exact) mass is 277 g/mol. The molecule has 20 heavy (non-hydrogen) atoms. The molecule has 0 aromatic heterocycles. The summed E-state index contributed by atoms with van der Waals surface area (Å²) < 4.78 is 5.57. The molecule has 4 heteroatoms. The lowest BCUT2D eigenvalue weighted by Gasteiger charge is -2.29. The largest absolute Gasteiger partial charge is 0.391 e. The Hall–Kier alpha value is -1.39. The van der Waals surface area contributed by atoms with Crippen molar-refractivity contribution >= 4 is 5.91 Å². The average Bonchev–Trinajstić information content (AvgIpc) is 2.48. The summed E-state index contributed by atoms with van der Waals surface area (Å²) in [6.45, 7) is 2.16. The number of hydrogen-bond acceptors (Lipinski definition) is 3. The molecular formula is C16H23NO3. The number of carbonyl (C=O) groups excluding carboxylic acids is 1. The van der Waals surface area contributed by atoms with Gasteiger partial charge in [0.15, 0.2) is 0 Å². The van der Waals surface area contributed by atoms with Crippen molar-refractivity contribution in [2.24, 2.45) is 0 Å². The molecule has 1 fully saturated rings. The maximum atomic E-state index is 12.0. The molecule has 110 valence electrons. The maximum Gasteiger partial charge on any atom is 0.249 e. The summed E-state index contributed by atoms with van der Waals surface area (Å²) in [4.78, 5) is 12.0. The molecule has 0 heterocycles. The molecule has 1 saturated carbocycles. The van der Waals surface area contributed by atoms with Gasteiger partial charge in [0.25, 0.3) is 0 Å². The Balaban J connectivity index is 1.77. The number of rotatable bonds is 5. The van der Waals surface area contributed by atoms with E-state index in [1.54, 1.807) is 6.92 Å². The van der Waals surface area contributed by atoms with E-state index in [9.17, 15) is 9.90 Å². The number of aliphatic hydroxyl groups is 1. The summed E-state index contributed by atoms with van der Waals surface area (Å²) >= 11 is 0. The first kappa shape index (κ1) is 15.0. The standard InChI is InChI=1S/C16H23NO3/c1-12(20-11-13-7-3-2-4-8-13)16(19)17-14-9-5-6-10-15(14)18/h2-4,7-8,12,14-15,18H,5-6,9-11H2,1H3,(H,17,19). The number of ether oxygens (including phenoxy) is 1. The van der Waals surface area contributed by atoms with Gasteiger partial charge in [-0.05, 0) is 25.3 Å². The third-order valence-corrected chi connectivity index (χ3v) is 3.77. The molecule has 2 N–H and O–H groups in total. The molecule has 3 atom stereocenters. The number of nitrogens with one attached hydrogen (secondary N) is 1. The van der Waals surface area contributed by atoms with Crippen molar-refractivity contribution in [2.45, 2.75) is 57.5 Å². The van der Waals surface area contributed by atoms with Crippen LogP contribution in [-0.4, -0.2) is 29.3 Å². The summed E-state index contributed by atoms with van der Waals surface area (Å²) in [6, 6.07) is 9.65. The van der Waals surface area contributed by atoms with Crippen molar-refractivity contribution in [3.8, 4) is 0 Å². The molecule has 1 amide bonds. The highest BCUT2D eigenvalue weighted by Gasteiger charge is 2.26. The number of benzene rings is 1. The van der Waals surface area contributed by atoms with E-state index >= 15 is 0 Å². The molecular weight excluding hydrogens is 254 g/mol. The fourth-order valence-corrected chi connectivity index (χ4v) is 2.45. The van der Waals surface area contributed by atoms with Gasteiger partial charge in [0.05, 0.1) is 18.8 Å². The second-order valence-electron chi connectivity index (χ2n) is 5.41. The van der Waals surface area contributed by atoms with Crippen molar-refractivity contribution in [2.75, 3.05) is 0 Å². The number of amides is 1. The van der Waals surface area contributed by atoms with E-state index in [2.05, 4.69) is 5.32 Å². The summed E-state index contributed by atoms with van der Waals surface area (Å²) in [5.74, 6) is -0.146. The minimum atomic E-state index is -0.510. The molecule has 1 aliphatic carbocycles. The molecule has 3 unspecified atom stereocenters. The highest BCUT2D eigenvalue weighted by Crippen LogP contribution is 2.18. The third-order valence-electron chi connectivity index (χ3n) is 3.77. The van der Waals surface area contributed by atoms with Crippen molar-refractivity contribution in [1.82, 2.24) is 5.32 Å². The Morgan fingerprint density at radius 3 is 2.75 bits per heavy atom. The lowest BCUT2D eigenvalue weighted by atomic mass is 9.92. The smallest absolute Gasteiger partial charge is 0.249 e.